The third kappa shape index (κ3) is 1.71. The predicted molar refractivity (Wildman–Crippen MR) is 66.9 cm³/mol. The molecule has 1 aromatic rings. The van der Waals surface area contributed by atoms with Crippen molar-refractivity contribution in [2.45, 2.75) is 24.2 Å². The molecule has 0 spiro atoms. The Bertz CT molecular complexity index is 549. The van der Waals surface area contributed by atoms with Crippen molar-refractivity contribution < 1.29 is 4.79 Å². The summed E-state index contributed by atoms with van der Waals surface area (Å²) in [6, 6.07) is 8.51. The molecule has 2 unspecified atom stereocenters. The van der Waals surface area contributed by atoms with E-state index in [0.29, 0.717) is 11.7 Å². The van der Waals surface area contributed by atoms with Crippen molar-refractivity contribution in [3.63, 3.8) is 0 Å². The molecule has 1 aliphatic carbocycles. The summed E-state index contributed by atoms with van der Waals surface area (Å²) in [5, 5.41) is 11.9. The molecule has 1 saturated carbocycles. The summed E-state index contributed by atoms with van der Waals surface area (Å²) in [4.78, 5) is 12.4. The molecule has 1 amide bonds. The standard InChI is InChI=1S/C13H12N2OS/c1-13(7-14)5-9(13)8-2-3-11-10(4-8)15-12(16)6-17-11/h2-4,9H,5-6H2,1H3,(H,15,16). The second-order valence-corrected chi connectivity index (χ2v) is 5.90. The molecule has 0 aromatic heterocycles. The highest BCUT2D eigenvalue weighted by Gasteiger charge is 2.51. The number of carbonyl (C=O) groups excluding carboxylic acids is 1. The van der Waals surface area contributed by atoms with Gasteiger partial charge < -0.3 is 5.32 Å². The van der Waals surface area contributed by atoms with Crippen molar-refractivity contribution in [3.8, 4) is 6.07 Å². The molecule has 1 N–H and O–H groups in total. The Hall–Kier alpha value is -1.47. The maximum Gasteiger partial charge on any atom is 0.234 e. The SMILES string of the molecule is CC1(C#N)CC1c1ccc2c(c1)NC(=O)CS2. The van der Waals surface area contributed by atoms with Crippen LogP contribution in [0.5, 0.6) is 0 Å². The zero-order valence-electron chi connectivity index (χ0n) is 9.49. The fourth-order valence-corrected chi connectivity index (χ4v) is 3.08. The molecular weight excluding hydrogens is 232 g/mol. The van der Waals surface area contributed by atoms with Gasteiger partial charge in [0.05, 0.1) is 22.9 Å². The number of nitrogens with one attached hydrogen (secondary N) is 1. The summed E-state index contributed by atoms with van der Waals surface area (Å²) in [6.45, 7) is 1.99. The van der Waals surface area contributed by atoms with Gasteiger partial charge in [-0.1, -0.05) is 6.07 Å². The number of nitriles is 1. The van der Waals surface area contributed by atoms with Crippen LogP contribution in [0.1, 0.15) is 24.8 Å². The van der Waals surface area contributed by atoms with Crippen LogP contribution in [0.25, 0.3) is 0 Å². The van der Waals surface area contributed by atoms with E-state index in [1.54, 1.807) is 11.8 Å². The number of carbonyl (C=O) groups is 1. The highest BCUT2D eigenvalue weighted by Crippen LogP contribution is 2.59. The lowest BCUT2D eigenvalue weighted by Crippen LogP contribution is -2.18. The number of amides is 1. The van der Waals surface area contributed by atoms with Gasteiger partial charge >= 0.3 is 0 Å². The first-order chi connectivity index (χ1) is 8.12. The first kappa shape index (κ1) is 10.7. The van der Waals surface area contributed by atoms with Crippen LogP contribution in [-0.4, -0.2) is 11.7 Å². The van der Waals surface area contributed by atoms with Crippen LogP contribution in [-0.2, 0) is 4.79 Å². The van der Waals surface area contributed by atoms with E-state index in [2.05, 4.69) is 17.5 Å². The predicted octanol–water partition coefficient (Wildman–Crippen LogP) is 2.75. The molecule has 86 valence electrons. The van der Waals surface area contributed by atoms with E-state index in [9.17, 15) is 4.79 Å². The fraction of sp³-hybridized carbons (Fsp3) is 0.385. The second kappa shape index (κ2) is 3.51. The number of fused-ring (bicyclic) bond motifs is 1. The van der Waals surface area contributed by atoms with Gasteiger partial charge in [-0.3, -0.25) is 4.79 Å². The monoisotopic (exact) mass is 244 g/mol. The van der Waals surface area contributed by atoms with Gasteiger partial charge in [0.25, 0.3) is 0 Å². The third-order valence-corrected chi connectivity index (χ3v) is 4.60. The minimum atomic E-state index is -0.208. The molecule has 2 atom stereocenters. The van der Waals surface area contributed by atoms with Crippen molar-refractivity contribution in [1.29, 1.82) is 5.26 Å². The zero-order valence-corrected chi connectivity index (χ0v) is 10.3. The Balaban J connectivity index is 1.92. The molecule has 1 aromatic carbocycles. The lowest BCUT2D eigenvalue weighted by atomic mass is 10.0. The Labute approximate surface area is 104 Å². The number of rotatable bonds is 1. The van der Waals surface area contributed by atoms with E-state index in [1.807, 2.05) is 19.1 Å². The average Bonchev–Trinajstić information content (AvgIpc) is 3.01. The van der Waals surface area contributed by atoms with Crippen molar-refractivity contribution in [2.75, 3.05) is 11.1 Å². The fourth-order valence-electron chi connectivity index (χ4n) is 2.29. The topological polar surface area (TPSA) is 52.9 Å². The summed E-state index contributed by atoms with van der Waals surface area (Å²) in [5.41, 5.74) is 1.85. The quantitative estimate of drug-likeness (QED) is 0.826. The van der Waals surface area contributed by atoms with Crippen LogP contribution >= 0.6 is 11.8 Å². The molecule has 1 aliphatic heterocycles. The van der Waals surface area contributed by atoms with E-state index in [1.165, 1.54) is 0 Å². The number of hydrogen-bond acceptors (Lipinski definition) is 3. The van der Waals surface area contributed by atoms with Gasteiger partial charge in [-0.15, -0.1) is 11.8 Å². The van der Waals surface area contributed by atoms with E-state index in [0.717, 1.165) is 22.6 Å². The molecule has 1 fully saturated rings. The first-order valence-electron chi connectivity index (χ1n) is 5.60. The van der Waals surface area contributed by atoms with Crippen LogP contribution in [0, 0.1) is 16.7 Å². The zero-order chi connectivity index (χ0) is 12.0. The molecule has 1 heterocycles. The first-order valence-corrected chi connectivity index (χ1v) is 6.59. The van der Waals surface area contributed by atoms with Gasteiger partial charge in [0, 0.05) is 10.8 Å². The molecule has 0 bridgehead atoms. The van der Waals surface area contributed by atoms with Gasteiger partial charge in [0.15, 0.2) is 0 Å². The van der Waals surface area contributed by atoms with Gasteiger partial charge in [-0.2, -0.15) is 5.26 Å². The summed E-state index contributed by atoms with van der Waals surface area (Å²) >= 11 is 1.57. The summed E-state index contributed by atoms with van der Waals surface area (Å²) in [6.07, 6.45) is 0.920. The molecule has 0 radical (unpaired) electrons. The molecule has 2 aliphatic rings. The number of hydrogen-bond donors (Lipinski definition) is 1. The van der Waals surface area contributed by atoms with Gasteiger partial charge in [-0.25, -0.2) is 0 Å². The van der Waals surface area contributed by atoms with Crippen LogP contribution in [0.2, 0.25) is 0 Å². The van der Waals surface area contributed by atoms with Crippen molar-refractivity contribution in [2.24, 2.45) is 5.41 Å². The lowest BCUT2D eigenvalue weighted by molar-refractivity contribution is -0.113. The highest BCUT2D eigenvalue weighted by atomic mass is 32.2. The summed E-state index contributed by atoms with van der Waals surface area (Å²) in [5.74, 6) is 0.867. The average molecular weight is 244 g/mol. The van der Waals surface area contributed by atoms with Crippen LogP contribution in [0.15, 0.2) is 23.1 Å². The van der Waals surface area contributed by atoms with E-state index < -0.39 is 0 Å². The number of nitrogens with zero attached hydrogens (tertiary/aromatic N) is 1. The lowest BCUT2D eigenvalue weighted by Gasteiger charge is -2.17. The maximum atomic E-state index is 11.3. The van der Waals surface area contributed by atoms with E-state index in [4.69, 9.17) is 5.26 Å². The van der Waals surface area contributed by atoms with Crippen molar-refractivity contribution >= 4 is 23.4 Å². The van der Waals surface area contributed by atoms with E-state index >= 15 is 0 Å². The highest BCUT2D eigenvalue weighted by molar-refractivity contribution is 8.00. The van der Waals surface area contributed by atoms with Gasteiger partial charge in [0.2, 0.25) is 5.91 Å². The molecule has 17 heavy (non-hydrogen) atoms. The minimum Gasteiger partial charge on any atom is -0.324 e. The van der Waals surface area contributed by atoms with Crippen LogP contribution < -0.4 is 5.32 Å². The van der Waals surface area contributed by atoms with Crippen molar-refractivity contribution in [1.82, 2.24) is 0 Å². The Morgan fingerprint density at radius 1 is 1.59 bits per heavy atom. The minimum absolute atomic E-state index is 0.0542. The molecule has 0 saturated heterocycles. The third-order valence-electron chi connectivity index (χ3n) is 3.53. The molecule has 3 rings (SSSR count). The smallest absolute Gasteiger partial charge is 0.234 e. The molecule has 4 heteroatoms. The van der Waals surface area contributed by atoms with Gasteiger partial charge in [-0.05, 0) is 31.0 Å². The Kier molecular flexibility index (Phi) is 2.20. The number of thioether (sulfide) groups is 1. The summed E-state index contributed by atoms with van der Waals surface area (Å²) in [7, 11) is 0. The number of benzene rings is 1. The van der Waals surface area contributed by atoms with Crippen LogP contribution in [0.3, 0.4) is 0 Å². The normalized spacial score (nSPS) is 30.1. The summed E-state index contributed by atoms with van der Waals surface area (Å²) < 4.78 is 0. The molecule has 3 nitrogen and oxygen atoms in total. The second-order valence-electron chi connectivity index (χ2n) is 4.88. The van der Waals surface area contributed by atoms with E-state index in [-0.39, 0.29) is 11.3 Å². The largest absolute Gasteiger partial charge is 0.324 e. The maximum absolute atomic E-state index is 11.3. The van der Waals surface area contributed by atoms with Gasteiger partial charge in [0.1, 0.15) is 0 Å². The molecular formula is C13H12N2OS. The van der Waals surface area contributed by atoms with Crippen molar-refractivity contribution in [3.05, 3.63) is 23.8 Å². The van der Waals surface area contributed by atoms with Crippen LogP contribution in [0.4, 0.5) is 5.69 Å². The number of anilines is 1. The Morgan fingerprint density at radius 3 is 3.12 bits per heavy atom. The Morgan fingerprint density at radius 2 is 2.41 bits per heavy atom.